The molecule has 0 amide bonds. The van der Waals surface area contributed by atoms with Gasteiger partial charge in [0.1, 0.15) is 12.4 Å². The first kappa shape index (κ1) is 12.3. The van der Waals surface area contributed by atoms with E-state index in [0.717, 1.165) is 18.2 Å². The molecule has 0 atom stereocenters. The van der Waals surface area contributed by atoms with Crippen molar-refractivity contribution in [1.29, 1.82) is 0 Å². The van der Waals surface area contributed by atoms with E-state index in [1.807, 2.05) is 0 Å². The molecule has 0 bridgehead atoms. The van der Waals surface area contributed by atoms with Crippen molar-refractivity contribution in [2.75, 3.05) is 5.73 Å². The van der Waals surface area contributed by atoms with Crippen molar-refractivity contribution in [1.82, 2.24) is 0 Å². The molecule has 0 aliphatic carbocycles. The van der Waals surface area contributed by atoms with Crippen molar-refractivity contribution < 1.29 is 17.9 Å². The SMILES string of the molecule is Nc1ccc(F)cc1COc1c(F)cccc1F. The van der Waals surface area contributed by atoms with Crippen molar-refractivity contribution >= 4 is 5.69 Å². The number of nitrogen functional groups attached to an aromatic ring is 1. The largest absolute Gasteiger partial charge is 0.483 e. The van der Waals surface area contributed by atoms with Gasteiger partial charge in [-0.1, -0.05) is 6.07 Å². The monoisotopic (exact) mass is 253 g/mol. The zero-order valence-electron chi connectivity index (χ0n) is 9.29. The van der Waals surface area contributed by atoms with Crippen LogP contribution in [0.15, 0.2) is 36.4 Å². The smallest absolute Gasteiger partial charge is 0.191 e. The molecule has 0 spiro atoms. The average molecular weight is 253 g/mol. The molecule has 2 N–H and O–H groups in total. The van der Waals surface area contributed by atoms with E-state index in [1.165, 1.54) is 18.2 Å². The highest BCUT2D eigenvalue weighted by Crippen LogP contribution is 2.23. The Hall–Kier alpha value is -2.17. The third kappa shape index (κ3) is 2.56. The van der Waals surface area contributed by atoms with Crippen LogP contribution >= 0.6 is 0 Å². The van der Waals surface area contributed by atoms with E-state index in [4.69, 9.17) is 10.5 Å². The van der Waals surface area contributed by atoms with Crippen LogP contribution in [0.2, 0.25) is 0 Å². The number of para-hydroxylation sites is 1. The predicted octanol–water partition coefficient (Wildman–Crippen LogP) is 3.27. The molecular formula is C13H10F3NO. The highest BCUT2D eigenvalue weighted by atomic mass is 19.1. The van der Waals surface area contributed by atoms with Crippen molar-refractivity contribution in [2.45, 2.75) is 6.61 Å². The lowest BCUT2D eigenvalue weighted by atomic mass is 10.2. The topological polar surface area (TPSA) is 35.2 Å². The van der Waals surface area contributed by atoms with Gasteiger partial charge in [0, 0.05) is 11.3 Å². The van der Waals surface area contributed by atoms with Crippen LogP contribution in [0.4, 0.5) is 18.9 Å². The minimum Gasteiger partial charge on any atom is -0.483 e. The molecule has 94 valence electrons. The maximum atomic E-state index is 13.3. The maximum Gasteiger partial charge on any atom is 0.191 e. The lowest BCUT2D eigenvalue weighted by Crippen LogP contribution is -2.03. The van der Waals surface area contributed by atoms with Crippen LogP contribution in [-0.2, 0) is 6.61 Å². The number of hydrogen-bond acceptors (Lipinski definition) is 2. The molecule has 0 fully saturated rings. The Kier molecular flexibility index (Phi) is 3.41. The lowest BCUT2D eigenvalue weighted by Gasteiger charge is -2.10. The summed E-state index contributed by atoms with van der Waals surface area (Å²) in [5.41, 5.74) is 6.23. The molecule has 0 aliphatic heterocycles. The number of halogens is 3. The molecule has 0 saturated carbocycles. The van der Waals surface area contributed by atoms with E-state index in [1.54, 1.807) is 0 Å². The standard InChI is InChI=1S/C13H10F3NO/c14-9-4-5-12(17)8(6-9)7-18-13-10(15)2-1-3-11(13)16/h1-6H,7,17H2. The maximum absolute atomic E-state index is 13.3. The van der Waals surface area contributed by atoms with Gasteiger partial charge < -0.3 is 10.5 Å². The van der Waals surface area contributed by atoms with E-state index >= 15 is 0 Å². The van der Waals surface area contributed by atoms with Crippen LogP contribution in [0.25, 0.3) is 0 Å². The molecule has 0 aliphatic rings. The fourth-order valence-electron chi connectivity index (χ4n) is 1.47. The van der Waals surface area contributed by atoms with Gasteiger partial charge in [0.25, 0.3) is 0 Å². The number of hydrogen-bond donors (Lipinski definition) is 1. The Labute approximate surface area is 102 Å². The molecular weight excluding hydrogens is 243 g/mol. The van der Waals surface area contributed by atoms with Crippen molar-refractivity contribution in [3.63, 3.8) is 0 Å². The Balaban J connectivity index is 2.19. The highest BCUT2D eigenvalue weighted by Gasteiger charge is 2.10. The molecule has 0 aromatic heterocycles. The van der Waals surface area contributed by atoms with Crippen molar-refractivity contribution in [3.8, 4) is 5.75 Å². The van der Waals surface area contributed by atoms with Crippen LogP contribution in [0.5, 0.6) is 5.75 Å². The summed E-state index contributed by atoms with van der Waals surface area (Å²) in [6.45, 7) is -0.207. The zero-order chi connectivity index (χ0) is 13.1. The summed E-state index contributed by atoms with van der Waals surface area (Å²) in [5, 5.41) is 0. The van der Waals surface area contributed by atoms with E-state index in [0.29, 0.717) is 11.3 Å². The van der Waals surface area contributed by atoms with Crippen LogP contribution in [0.1, 0.15) is 5.56 Å². The van der Waals surface area contributed by atoms with Gasteiger partial charge in [0.2, 0.25) is 0 Å². The first-order chi connectivity index (χ1) is 8.58. The number of benzene rings is 2. The van der Waals surface area contributed by atoms with Gasteiger partial charge in [-0.15, -0.1) is 0 Å². The molecule has 5 heteroatoms. The second-order valence-electron chi connectivity index (χ2n) is 3.68. The number of anilines is 1. The van der Waals surface area contributed by atoms with Gasteiger partial charge in [0.05, 0.1) is 0 Å². The molecule has 0 saturated heterocycles. The van der Waals surface area contributed by atoms with Gasteiger partial charge in [-0.2, -0.15) is 0 Å². The fourth-order valence-corrected chi connectivity index (χ4v) is 1.47. The minimum atomic E-state index is -0.815. The number of nitrogens with two attached hydrogens (primary N) is 1. The van der Waals surface area contributed by atoms with Gasteiger partial charge in [0.15, 0.2) is 17.4 Å². The van der Waals surface area contributed by atoms with Gasteiger partial charge >= 0.3 is 0 Å². The molecule has 2 nitrogen and oxygen atoms in total. The minimum absolute atomic E-state index is 0.207. The number of rotatable bonds is 3. The van der Waals surface area contributed by atoms with Crippen LogP contribution in [-0.4, -0.2) is 0 Å². The summed E-state index contributed by atoms with van der Waals surface area (Å²) in [5.74, 6) is -2.62. The van der Waals surface area contributed by atoms with Crippen LogP contribution in [0.3, 0.4) is 0 Å². The van der Waals surface area contributed by atoms with Gasteiger partial charge in [-0.3, -0.25) is 0 Å². The average Bonchev–Trinajstić information content (AvgIpc) is 2.33. The Bertz CT molecular complexity index is 552. The Morgan fingerprint density at radius 2 is 1.67 bits per heavy atom. The first-order valence-electron chi connectivity index (χ1n) is 5.18. The summed E-state index contributed by atoms with van der Waals surface area (Å²) in [7, 11) is 0. The second kappa shape index (κ2) is 5.00. The third-order valence-electron chi connectivity index (χ3n) is 2.40. The highest BCUT2D eigenvalue weighted by molar-refractivity contribution is 5.46. The molecule has 0 heterocycles. The normalized spacial score (nSPS) is 10.4. The van der Waals surface area contributed by atoms with Gasteiger partial charge in [-0.05, 0) is 30.3 Å². The Morgan fingerprint density at radius 3 is 2.33 bits per heavy atom. The predicted molar refractivity (Wildman–Crippen MR) is 61.5 cm³/mol. The summed E-state index contributed by atoms with van der Waals surface area (Å²) in [4.78, 5) is 0. The quantitative estimate of drug-likeness (QED) is 0.852. The molecule has 2 aromatic rings. The fraction of sp³-hybridized carbons (Fsp3) is 0.0769. The summed E-state index contributed by atoms with van der Waals surface area (Å²) < 4.78 is 44.5. The van der Waals surface area contributed by atoms with Crippen LogP contribution < -0.4 is 10.5 Å². The lowest BCUT2D eigenvalue weighted by molar-refractivity contribution is 0.274. The van der Waals surface area contributed by atoms with E-state index in [9.17, 15) is 13.2 Å². The van der Waals surface area contributed by atoms with Gasteiger partial charge in [-0.25, -0.2) is 13.2 Å². The van der Waals surface area contributed by atoms with Crippen LogP contribution in [0, 0.1) is 17.5 Å². The summed E-state index contributed by atoms with van der Waals surface area (Å²) in [6.07, 6.45) is 0. The van der Waals surface area contributed by atoms with E-state index in [-0.39, 0.29) is 6.61 Å². The summed E-state index contributed by atoms with van der Waals surface area (Å²) >= 11 is 0. The Morgan fingerprint density at radius 1 is 1.00 bits per heavy atom. The van der Waals surface area contributed by atoms with E-state index in [2.05, 4.69) is 0 Å². The third-order valence-corrected chi connectivity index (χ3v) is 2.40. The molecule has 0 radical (unpaired) electrons. The molecule has 0 unspecified atom stereocenters. The number of ether oxygens (including phenoxy) is 1. The second-order valence-corrected chi connectivity index (χ2v) is 3.68. The zero-order valence-corrected chi connectivity index (χ0v) is 9.29. The first-order valence-corrected chi connectivity index (χ1v) is 5.18. The van der Waals surface area contributed by atoms with Crippen molar-refractivity contribution in [3.05, 3.63) is 59.4 Å². The molecule has 2 rings (SSSR count). The van der Waals surface area contributed by atoms with Crippen molar-refractivity contribution in [2.24, 2.45) is 0 Å². The molecule has 18 heavy (non-hydrogen) atoms. The van der Waals surface area contributed by atoms with E-state index < -0.39 is 23.2 Å². The molecule has 2 aromatic carbocycles. The summed E-state index contributed by atoms with van der Waals surface area (Å²) in [6, 6.07) is 7.11.